The summed E-state index contributed by atoms with van der Waals surface area (Å²) < 4.78 is 33.6. The summed E-state index contributed by atoms with van der Waals surface area (Å²) in [6.07, 6.45) is 0.494. The van der Waals surface area contributed by atoms with Crippen molar-refractivity contribution < 1.29 is 27.5 Å². The van der Waals surface area contributed by atoms with Crippen molar-refractivity contribution in [1.82, 2.24) is 5.32 Å². The van der Waals surface area contributed by atoms with E-state index in [1.54, 1.807) is 18.2 Å². The van der Waals surface area contributed by atoms with Gasteiger partial charge in [-0.25, -0.2) is 8.42 Å². The number of carbonyl (C=O) groups excluding carboxylic acids is 2. The molecule has 0 radical (unpaired) electrons. The van der Waals surface area contributed by atoms with E-state index in [1.807, 2.05) is 0 Å². The molecule has 142 valence electrons. The molecule has 1 aromatic rings. The molecule has 1 aromatic carbocycles. The number of anilines is 1. The monoisotopic (exact) mass is 382 g/mol. The molecule has 1 N–H and O–H groups in total. The summed E-state index contributed by atoms with van der Waals surface area (Å²) in [4.78, 5) is 26.4. The summed E-state index contributed by atoms with van der Waals surface area (Å²) >= 11 is 0. The lowest BCUT2D eigenvalue weighted by Gasteiger charge is -2.20. The van der Waals surface area contributed by atoms with Gasteiger partial charge in [0.05, 0.1) is 37.3 Å². The molecule has 2 atom stereocenters. The number of hydrogen-bond acceptors (Lipinski definition) is 6. The van der Waals surface area contributed by atoms with E-state index in [0.29, 0.717) is 23.6 Å². The minimum atomic E-state index is -3.07. The standard InChI is InChI=1S/C17H22N2O6S/c1-24-13-3-4-15(25-2)14(8-13)19-9-11(7-16(19)20)17(21)18-12-5-6-26(22,23)10-12/h3-4,8,11-12H,5-7,9-10H2,1-2H3,(H,18,21). The molecular formula is C17H22N2O6S. The molecule has 9 heteroatoms. The van der Waals surface area contributed by atoms with Crippen molar-refractivity contribution in [3.05, 3.63) is 18.2 Å². The van der Waals surface area contributed by atoms with Crippen LogP contribution in [0.1, 0.15) is 12.8 Å². The Hall–Kier alpha value is -2.29. The van der Waals surface area contributed by atoms with Crippen LogP contribution >= 0.6 is 0 Å². The van der Waals surface area contributed by atoms with Crippen LogP contribution < -0.4 is 19.7 Å². The number of amides is 2. The Bertz CT molecular complexity index is 823. The number of hydrogen-bond donors (Lipinski definition) is 1. The second-order valence-electron chi connectivity index (χ2n) is 6.55. The molecule has 2 aliphatic heterocycles. The van der Waals surface area contributed by atoms with Crippen LogP contribution in [0.5, 0.6) is 11.5 Å². The molecule has 8 nitrogen and oxygen atoms in total. The van der Waals surface area contributed by atoms with Crippen molar-refractivity contribution in [2.45, 2.75) is 18.9 Å². The van der Waals surface area contributed by atoms with Crippen molar-refractivity contribution >= 4 is 27.3 Å². The third-order valence-electron chi connectivity index (χ3n) is 4.75. The van der Waals surface area contributed by atoms with Gasteiger partial charge in [0.15, 0.2) is 9.84 Å². The van der Waals surface area contributed by atoms with E-state index in [2.05, 4.69) is 5.32 Å². The molecule has 2 unspecified atom stereocenters. The van der Waals surface area contributed by atoms with Gasteiger partial charge < -0.3 is 19.7 Å². The fraction of sp³-hybridized carbons (Fsp3) is 0.529. The molecule has 3 rings (SSSR count). The molecule has 0 aromatic heterocycles. The van der Waals surface area contributed by atoms with Crippen LogP contribution in [0.25, 0.3) is 0 Å². The summed E-state index contributed by atoms with van der Waals surface area (Å²) in [6.45, 7) is 0.216. The summed E-state index contributed by atoms with van der Waals surface area (Å²) in [5.74, 6) is 0.156. The third kappa shape index (κ3) is 3.77. The van der Waals surface area contributed by atoms with Crippen LogP contribution in [-0.2, 0) is 19.4 Å². The van der Waals surface area contributed by atoms with Gasteiger partial charge >= 0.3 is 0 Å². The van der Waals surface area contributed by atoms with E-state index in [-0.39, 0.29) is 42.3 Å². The zero-order chi connectivity index (χ0) is 18.9. The Labute approximate surface area is 152 Å². The average Bonchev–Trinajstić information content (AvgIpc) is 3.16. The van der Waals surface area contributed by atoms with Gasteiger partial charge in [-0.2, -0.15) is 0 Å². The SMILES string of the molecule is COc1ccc(OC)c(N2CC(C(=O)NC3CCS(=O)(=O)C3)CC2=O)c1. The van der Waals surface area contributed by atoms with E-state index in [1.165, 1.54) is 19.1 Å². The van der Waals surface area contributed by atoms with E-state index in [4.69, 9.17) is 9.47 Å². The van der Waals surface area contributed by atoms with Crippen molar-refractivity contribution in [3.8, 4) is 11.5 Å². The minimum Gasteiger partial charge on any atom is -0.497 e. The number of ether oxygens (including phenoxy) is 2. The zero-order valence-electron chi connectivity index (χ0n) is 14.7. The molecule has 2 saturated heterocycles. The van der Waals surface area contributed by atoms with Crippen LogP contribution in [0.4, 0.5) is 5.69 Å². The normalized spacial score (nSPS) is 24.5. The maximum absolute atomic E-state index is 12.5. The molecule has 0 spiro atoms. The van der Waals surface area contributed by atoms with Gasteiger partial charge in [-0.05, 0) is 18.6 Å². The topological polar surface area (TPSA) is 102 Å². The first-order valence-corrected chi connectivity index (χ1v) is 10.2. The van der Waals surface area contributed by atoms with Crippen molar-refractivity contribution in [2.75, 3.05) is 37.2 Å². The predicted molar refractivity (Wildman–Crippen MR) is 95.2 cm³/mol. The quantitative estimate of drug-likeness (QED) is 0.789. The summed E-state index contributed by atoms with van der Waals surface area (Å²) in [6, 6.07) is 4.76. The van der Waals surface area contributed by atoms with Crippen molar-refractivity contribution in [3.63, 3.8) is 0 Å². The number of sulfone groups is 1. The van der Waals surface area contributed by atoms with Crippen molar-refractivity contribution in [2.24, 2.45) is 5.92 Å². The van der Waals surface area contributed by atoms with Crippen LogP contribution in [0.3, 0.4) is 0 Å². The Morgan fingerprint density at radius 1 is 1.27 bits per heavy atom. The highest BCUT2D eigenvalue weighted by atomic mass is 32.2. The lowest BCUT2D eigenvalue weighted by atomic mass is 10.1. The van der Waals surface area contributed by atoms with Gasteiger partial charge in [0.1, 0.15) is 11.5 Å². The van der Waals surface area contributed by atoms with Crippen LogP contribution in [0.15, 0.2) is 18.2 Å². The summed E-state index contributed by atoms with van der Waals surface area (Å²) in [5, 5.41) is 2.77. The van der Waals surface area contributed by atoms with E-state index in [9.17, 15) is 18.0 Å². The van der Waals surface area contributed by atoms with Gasteiger partial charge in [-0.1, -0.05) is 0 Å². The minimum absolute atomic E-state index is 0.0349. The van der Waals surface area contributed by atoms with Gasteiger partial charge in [0, 0.05) is 25.1 Å². The van der Waals surface area contributed by atoms with E-state index < -0.39 is 15.8 Å². The highest BCUT2D eigenvalue weighted by Gasteiger charge is 2.38. The maximum Gasteiger partial charge on any atom is 0.227 e. The Balaban J connectivity index is 1.72. The molecule has 26 heavy (non-hydrogen) atoms. The predicted octanol–water partition coefficient (Wildman–Crippen LogP) is 0.360. The number of rotatable bonds is 5. The van der Waals surface area contributed by atoms with E-state index in [0.717, 1.165) is 0 Å². The second kappa shape index (κ2) is 7.14. The smallest absolute Gasteiger partial charge is 0.227 e. The summed E-state index contributed by atoms with van der Waals surface area (Å²) in [5.41, 5.74) is 0.551. The Kier molecular flexibility index (Phi) is 5.08. The van der Waals surface area contributed by atoms with Crippen LogP contribution in [0, 0.1) is 5.92 Å². The highest BCUT2D eigenvalue weighted by molar-refractivity contribution is 7.91. The molecule has 0 aliphatic carbocycles. The van der Waals surface area contributed by atoms with Gasteiger partial charge in [0.2, 0.25) is 11.8 Å². The first-order valence-electron chi connectivity index (χ1n) is 8.36. The van der Waals surface area contributed by atoms with E-state index >= 15 is 0 Å². The fourth-order valence-corrected chi connectivity index (χ4v) is 5.02. The number of nitrogens with zero attached hydrogens (tertiary/aromatic N) is 1. The molecule has 0 saturated carbocycles. The molecule has 2 aliphatic rings. The number of methoxy groups -OCH3 is 2. The molecular weight excluding hydrogens is 360 g/mol. The highest BCUT2D eigenvalue weighted by Crippen LogP contribution is 2.36. The number of nitrogens with one attached hydrogen (secondary N) is 1. The Morgan fingerprint density at radius 3 is 2.65 bits per heavy atom. The Morgan fingerprint density at radius 2 is 2.04 bits per heavy atom. The third-order valence-corrected chi connectivity index (χ3v) is 6.52. The first-order chi connectivity index (χ1) is 12.3. The first kappa shape index (κ1) is 18.5. The maximum atomic E-state index is 12.5. The van der Waals surface area contributed by atoms with Gasteiger partial charge in [-0.3, -0.25) is 9.59 Å². The molecule has 2 amide bonds. The van der Waals surface area contributed by atoms with Crippen LogP contribution in [-0.4, -0.2) is 58.5 Å². The van der Waals surface area contributed by atoms with Gasteiger partial charge in [0.25, 0.3) is 0 Å². The fourth-order valence-electron chi connectivity index (χ4n) is 3.35. The van der Waals surface area contributed by atoms with Gasteiger partial charge in [-0.15, -0.1) is 0 Å². The molecule has 0 bridgehead atoms. The zero-order valence-corrected chi connectivity index (χ0v) is 15.5. The average molecular weight is 382 g/mol. The second-order valence-corrected chi connectivity index (χ2v) is 8.78. The summed E-state index contributed by atoms with van der Waals surface area (Å²) in [7, 11) is -0.0268. The number of carbonyl (C=O) groups is 2. The number of benzene rings is 1. The lowest BCUT2D eigenvalue weighted by Crippen LogP contribution is -2.40. The van der Waals surface area contributed by atoms with Crippen molar-refractivity contribution in [1.29, 1.82) is 0 Å². The molecule has 2 heterocycles. The largest absolute Gasteiger partial charge is 0.497 e. The molecule has 2 fully saturated rings. The van der Waals surface area contributed by atoms with Crippen LogP contribution in [0.2, 0.25) is 0 Å². The lowest BCUT2D eigenvalue weighted by molar-refractivity contribution is -0.126.